The molecule has 106 valence electrons. The normalized spacial score (nSPS) is 12.9. The van der Waals surface area contributed by atoms with Crippen molar-refractivity contribution in [3.8, 4) is 6.07 Å². The monoisotopic (exact) mass is 341 g/mol. The van der Waals surface area contributed by atoms with Crippen LogP contribution in [0, 0.1) is 11.3 Å². The topological polar surface area (TPSA) is 122 Å². The van der Waals surface area contributed by atoms with E-state index in [9.17, 15) is 14.7 Å². The number of benzene rings is 1. The van der Waals surface area contributed by atoms with Crippen molar-refractivity contribution in [3.63, 3.8) is 0 Å². The number of rotatable bonds is 4. The van der Waals surface area contributed by atoms with E-state index in [1.54, 1.807) is 6.07 Å². The highest BCUT2D eigenvalue weighted by Gasteiger charge is 2.25. The van der Waals surface area contributed by atoms with E-state index in [1.807, 2.05) is 6.07 Å². The highest BCUT2D eigenvalue weighted by Crippen LogP contribution is 2.20. The molecule has 8 heteroatoms. The Kier molecular flexibility index (Phi) is 5.49. The molecule has 0 aliphatic heterocycles. The summed E-state index contributed by atoms with van der Waals surface area (Å²) in [4.78, 5) is 22.5. The van der Waals surface area contributed by atoms with Gasteiger partial charge in [-0.3, -0.25) is 0 Å². The molecule has 1 aromatic carbocycles. The summed E-state index contributed by atoms with van der Waals surface area (Å²) in [7, 11) is 0. The van der Waals surface area contributed by atoms with Crippen molar-refractivity contribution in [2.45, 2.75) is 19.1 Å². The van der Waals surface area contributed by atoms with Crippen LogP contribution in [0.25, 0.3) is 0 Å². The van der Waals surface area contributed by atoms with E-state index in [-0.39, 0.29) is 11.3 Å². The number of amides is 2. The van der Waals surface area contributed by atoms with Gasteiger partial charge in [-0.2, -0.15) is 5.26 Å². The molecule has 1 rings (SSSR count). The van der Waals surface area contributed by atoms with Crippen LogP contribution in [0.3, 0.4) is 0 Å². The number of anilines is 1. The number of carboxylic acid groups (broad SMARTS) is 1. The Labute approximate surface area is 123 Å². The van der Waals surface area contributed by atoms with Crippen molar-refractivity contribution in [2.24, 2.45) is 0 Å². The van der Waals surface area contributed by atoms with Crippen LogP contribution in [0.4, 0.5) is 10.5 Å². The number of hydrogen-bond acceptors (Lipinski definition) is 4. The molecular weight excluding hydrogens is 330 g/mol. The number of urea groups is 1. The molecule has 0 saturated heterocycles. The van der Waals surface area contributed by atoms with Crippen LogP contribution in [-0.4, -0.2) is 34.4 Å². The minimum atomic E-state index is -1.43. The Morgan fingerprint density at radius 3 is 2.60 bits per heavy atom. The first-order valence-electron chi connectivity index (χ1n) is 5.53. The lowest BCUT2D eigenvalue weighted by atomic mass is 10.2. The third-order valence-electron chi connectivity index (χ3n) is 2.39. The van der Waals surface area contributed by atoms with Crippen LogP contribution in [0.5, 0.6) is 0 Å². The molecule has 0 heterocycles. The molecule has 0 aromatic heterocycles. The summed E-state index contributed by atoms with van der Waals surface area (Å²) in [5.74, 6) is -1.36. The molecule has 0 fully saturated rings. The molecule has 7 nitrogen and oxygen atoms in total. The zero-order chi connectivity index (χ0) is 15.3. The van der Waals surface area contributed by atoms with Crippen molar-refractivity contribution in [1.82, 2.24) is 5.32 Å². The molecular formula is C12H12BrN3O4. The third kappa shape index (κ3) is 4.22. The third-order valence-corrected chi connectivity index (χ3v) is 2.88. The number of nitrogens with one attached hydrogen (secondary N) is 2. The van der Waals surface area contributed by atoms with E-state index in [4.69, 9.17) is 10.4 Å². The van der Waals surface area contributed by atoms with E-state index in [0.29, 0.717) is 4.47 Å². The number of nitriles is 1. The van der Waals surface area contributed by atoms with Crippen molar-refractivity contribution < 1.29 is 19.8 Å². The SMILES string of the molecule is CC(O)C(NC(=O)Nc1ccc(Br)cc1C#N)C(=O)O. The fourth-order valence-electron chi connectivity index (χ4n) is 1.41. The maximum Gasteiger partial charge on any atom is 0.328 e. The molecule has 2 amide bonds. The Hall–Kier alpha value is -2.11. The predicted octanol–water partition coefficient (Wildman–Crippen LogP) is 1.28. The van der Waals surface area contributed by atoms with Crippen LogP contribution in [0.1, 0.15) is 12.5 Å². The van der Waals surface area contributed by atoms with Crippen molar-refractivity contribution in [1.29, 1.82) is 5.26 Å². The van der Waals surface area contributed by atoms with Crippen LogP contribution in [0.15, 0.2) is 22.7 Å². The molecule has 0 saturated carbocycles. The van der Waals surface area contributed by atoms with Gasteiger partial charge in [-0.1, -0.05) is 15.9 Å². The number of carbonyl (C=O) groups excluding carboxylic acids is 1. The summed E-state index contributed by atoms with van der Waals surface area (Å²) in [6.07, 6.45) is -1.25. The van der Waals surface area contributed by atoms with Gasteiger partial charge in [0.1, 0.15) is 6.07 Å². The van der Waals surface area contributed by atoms with E-state index < -0.39 is 24.1 Å². The van der Waals surface area contributed by atoms with E-state index >= 15 is 0 Å². The largest absolute Gasteiger partial charge is 0.480 e. The van der Waals surface area contributed by atoms with Crippen LogP contribution in [-0.2, 0) is 4.79 Å². The van der Waals surface area contributed by atoms with Gasteiger partial charge in [-0.25, -0.2) is 9.59 Å². The molecule has 2 atom stereocenters. The maximum atomic E-state index is 11.7. The molecule has 1 aromatic rings. The smallest absolute Gasteiger partial charge is 0.328 e. The Balaban J connectivity index is 2.81. The number of carboxylic acids is 1. The second-order valence-electron chi connectivity index (χ2n) is 3.96. The number of hydrogen-bond donors (Lipinski definition) is 4. The number of aliphatic hydroxyl groups is 1. The number of aliphatic hydroxyl groups excluding tert-OH is 1. The first-order valence-corrected chi connectivity index (χ1v) is 6.32. The number of aliphatic carboxylic acids is 1. The quantitative estimate of drug-likeness (QED) is 0.656. The molecule has 20 heavy (non-hydrogen) atoms. The Morgan fingerprint density at radius 1 is 1.45 bits per heavy atom. The lowest BCUT2D eigenvalue weighted by Crippen LogP contribution is -2.49. The lowest BCUT2D eigenvalue weighted by molar-refractivity contribution is -0.141. The fraction of sp³-hybridized carbons (Fsp3) is 0.250. The van der Waals surface area contributed by atoms with Crippen molar-refractivity contribution >= 4 is 33.6 Å². The summed E-state index contributed by atoms with van der Waals surface area (Å²) in [6.45, 7) is 1.25. The zero-order valence-corrected chi connectivity index (χ0v) is 12.0. The molecule has 0 aliphatic rings. The lowest BCUT2D eigenvalue weighted by Gasteiger charge is -2.17. The van der Waals surface area contributed by atoms with Gasteiger partial charge < -0.3 is 20.8 Å². The van der Waals surface area contributed by atoms with Gasteiger partial charge in [-0.05, 0) is 25.1 Å². The zero-order valence-electron chi connectivity index (χ0n) is 10.4. The highest BCUT2D eigenvalue weighted by atomic mass is 79.9. The van der Waals surface area contributed by atoms with Gasteiger partial charge in [-0.15, -0.1) is 0 Å². The van der Waals surface area contributed by atoms with Gasteiger partial charge in [0, 0.05) is 4.47 Å². The minimum absolute atomic E-state index is 0.221. The van der Waals surface area contributed by atoms with Gasteiger partial charge in [0.2, 0.25) is 0 Å². The molecule has 0 radical (unpaired) electrons. The maximum absolute atomic E-state index is 11.7. The summed E-state index contributed by atoms with van der Waals surface area (Å²) in [6, 6.07) is 4.28. The standard InChI is InChI=1S/C12H12BrN3O4/c1-6(17)10(11(18)19)16-12(20)15-9-3-2-8(13)4-7(9)5-14/h2-4,6,10,17H,1H3,(H,18,19)(H2,15,16,20). The summed E-state index contributed by atoms with van der Waals surface area (Å²) in [5, 5.41) is 31.5. The minimum Gasteiger partial charge on any atom is -0.480 e. The van der Waals surface area contributed by atoms with Crippen molar-refractivity contribution in [2.75, 3.05) is 5.32 Å². The Bertz CT molecular complexity index is 568. The van der Waals surface area contributed by atoms with Gasteiger partial charge in [0.15, 0.2) is 6.04 Å². The average molecular weight is 342 g/mol. The number of carbonyl (C=O) groups is 2. The predicted molar refractivity (Wildman–Crippen MR) is 74.1 cm³/mol. The second kappa shape index (κ2) is 6.88. The summed E-state index contributed by atoms with van der Waals surface area (Å²) >= 11 is 3.19. The average Bonchev–Trinajstić information content (AvgIpc) is 2.37. The molecule has 2 unspecified atom stereocenters. The van der Waals surface area contributed by atoms with E-state index in [1.165, 1.54) is 19.1 Å². The van der Waals surface area contributed by atoms with Crippen molar-refractivity contribution in [3.05, 3.63) is 28.2 Å². The molecule has 0 spiro atoms. The van der Waals surface area contributed by atoms with Gasteiger partial charge in [0.25, 0.3) is 0 Å². The van der Waals surface area contributed by atoms with Crippen LogP contribution >= 0.6 is 15.9 Å². The van der Waals surface area contributed by atoms with Crippen LogP contribution < -0.4 is 10.6 Å². The Morgan fingerprint density at radius 2 is 2.10 bits per heavy atom. The second-order valence-corrected chi connectivity index (χ2v) is 4.87. The van der Waals surface area contributed by atoms with Gasteiger partial charge >= 0.3 is 12.0 Å². The van der Waals surface area contributed by atoms with Gasteiger partial charge in [0.05, 0.1) is 17.4 Å². The number of halogens is 1. The summed E-state index contributed by atoms with van der Waals surface area (Å²) < 4.78 is 0.674. The first-order chi connectivity index (χ1) is 9.35. The molecule has 0 bridgehead atoms. The van der Waals surface area contributed by atoms with E-state index in [2.05, 4.69) is 26.6 Å². The fourth-order valence-corrected chi connectivity index (χ4v) is 1.77. The van der Waals surface area contributed by atoms with Crippen LogP contribution in [0.2, 0.25) is 0 Å². The summed E-state index contributed by atoms with van der Waals surface area (Å²) in [5.41, 5.74) is 0.460. The molecule has 0 aliphatic carbocycles. The van der Waals surface area contributed by atoms with E-state index in [0.717, 1.165) is 0 Å². The number of nitrogens with zero attached hydrogens (tertiary/aromatic N) is 1. The molecule has 4 N–H and O–H groups in total. The first kappa shape index (κ1) is 15.9. The highest BCUT2D eigenvalue weighted by molar-refractivity contribution is 9.10.